The van der Waals surface area contributed by atoms with Crippen LogP contribution < -0.4 is 5.73 Å². The Bertz CT molecular complexity index is 83.0. The van der Waals surface area contributed by atoms with E-state index in [-0.39, 0.29) is 0 Å². The minimum absolute atomic E-state index is 0.508. The van der Waals surface area contributed by atoms with Crippen molar-refractivity contribution >= 4 is 11.8 Å². The van der Waals surface area contributed by atoms with Gasteiger partial charge in [-0.2, -0.15) is 11.8 Å². The number of nitrogens with two attached hydrogens (primary N) is 1. The smallest absolute Gasteiger partial charge is 0.00622 e. The molecule has 0 amide bonds. The van der Waals surface area contributed by atoms with Crippen molar-refractivity contribution in [2.45, 2.75) is 37.5 Å². The quantitative estimate of drug-likeness (QED) is 0.639. The molecule has 2 N–H and O–H groups in total. The van der Waals surface area contributed by atoms with E-state index in [0.29, 0.717) is 6.04 Å². The molecule has 0 radical (unpaired) electrons. The Morgan fingerprint density at radius 1 is 1.56 bits per heavy atom. The Morgan fingerprint density at radius 3 is 2.78 bits per heavy atom. The summed E-state index contributed by atoms with van der Waals surface area (Å²) in [4.78, 5) is 0. The van der Waals surface area contributed by atoms with Crippen molar-refractivity contribution in [3.05, 3.63) is 0 Å². The molecule has 0 aliphatic heterocycles. The summed E-state index contributed by atoms with van der Waals surface area (Å²) in [7, 11) is 0. The van der Waals surface area contributed by atoms with Gasteiger partial charge in [0.05, 0.1) is 0 Å². The van der Waals surface area contributed by atoms with Crippen LogP contribution in [-0.2, 0) is 0 Å². The van der Waals surface area contributed by atoms with E-state index in [1.165, 1.54) is 25.0 Å². The van der Waals surface area contributed by atoms with Crippen molar-refractivity contribution in [2.75, 3.05) is 5.75 Å². The van der Waals surface area contributed by atoms with Gasteiger partial charge < -0.3 is 5.73 Å². The van der Waals surface area contributed by atoms with Crippen molar-refractivity contribution < 1.29 is 0 Å². The zero-order chi connectivity index (χ0) is 6.69. The number of thioether (sulfide) groups is 1. The highest BCUT2D eigenvalue weighted by Crippen LogP contribution is 2.28. The molecule has 0 spiro atoms. The summed E-state index contributed by atoms with van der Waals surface area (Å²) in [5.41, 5.74) is 5.74. The fourth-order valence-corrected chi connectivity index (χ4v) is 2.52. The number of hydrogen-bond donors (Lipinski definition) is 1. The van der Waals surface area contributed by atoms with Crippen LogP contribution in [0.15, 0.2) is 0 Å². The fraction of sp³-hybridized carbons (Fsp3) is 1.00. The highest BCUT2D eigenvalue weighted by atomic mass is 32.2. The molecule has 54 valence electrons. The summed E-state index contributed by atoms with van der Waals surface area (Å²) in [6.45, 7) is 2.22. The van der Waals surface area contributed by atoms with E-state index >= 15 is 0 Å². The maximum absolute atomic E-state index is 5.74. The molecule has 0 aromatic rings. The molecule has 0 aromatic carbocycles. The minimum atomic E-state index is 0.508. The van der Waals surface area contributed by atoms with Gasteiger partial charge in [-0.05, 0) is 25.0 Å². The first-order valence-electron chi connectivity index (χ1n) is 3.70. The molecule has 1 saturated carbocycles. The second-order valence-electron chi connectivity index (χ2n) is 2.65. The normalized spacial score (nSPS) is 35.3. The molecule has 0 saturated heterocycles. The third-order valence-electron chi connectivity index (χ3n) is 1.83. The first kappa shape index (κ1) is 7.42. The molecule has 1 fully saturated rings. The lowest BCUT2D eigenvalue weighted by Gasteiger charge is -2.05. The van der Waals surface area contributed by atoms with Gasteiger partial charge in [0.2, 0.25) is 0 Å². The summed E-state index contributed by atoms with van der Waals surface area (Å²) in [6, 6.07) is 0.508. The molecular weight excluding hydrogens is 130 g/mol. The second kappa shape index (κ2) is 3.47. The molecule has 1 aliphatic rings. The van der Waals surface area contributed by atoms with Crippen LogP contribution in [0, 0.1) is 0 Å². The molecule has 0 bridgehead atoms. The van der Waals surface area contributed by atoms with E-state index in [9.17, 15) is 0 Å². The maximum atomic E-state index is 5.74. The van der Waals surface area contributed by atoms with Crippen LogP contribution in [0.3, 0.4) is 0 Å². The van der Waals surface area contributed by atoms with E-state index in [1.54, 1.807) is 0 Å². The molecule has 9 heavy (non-hydrogen) atoms. The zero-order valence-corrected chi connectivity index (χ0v) is 6.79. The van der Waals surface area contributed by atoms with Gasteiger partial charge in [0.15, 0.2) is 0 Å². The Labute approximate surface area is 61.4 Å². The number of hydrogen-bond acceptors (Lipinski definition) is 2. The predicted molar refractivity (Wildman–Crippen MR) is 43.7 cm³/mol. The minimum Gasteiger partial charge on any atom is -0.328 e. The van der Waals surface area contributed by atoms with E-state index < -0.39 is 0 Å². The standard InChI is InChI=1S/C7H15NS/c1-2-9-7-4-3-6(8)5-7/h6-7H,2-5,8H2,1H3/t6-,7-/m0/s1. The highest BCUT2D eigenvalue weighted by Gasteiger charge is 2.20. The SMILES string of the molecule is CCS[C@H]1CC[C@H](N)C1. The Balaban J connectivity index is 2.14. The topological polar surface area (TPSA) is 26.0 Å². The lowest BCUT2D eigenvalue weighted by Crippen LogP contribution is -2.15. The van der Waals surface area contributed by atoms with E-state index in [4.69, 9.17) is 5.73 Å². The predicted octanol–water partition coefficient (Wildman–Crippen LogP) is 1.62. The molecular formula is C7H15NS. The van der Waals surface area contributed by atoms with E-state index in [0.717, 1.165) is 5.25 Å². The summed E-state index contributed by atoms with van der Waals surface area (Å²) in [5.74, 6) is 1.25. The van der Waals surface area contributed by atoms with Crippen molar-refractivity contribution in [1.82, 2.24) is 0 Å². The zero-order valence-electron chi connectivity index (χ0n) is 5.97. The highest BCUT2D eigenvalue weighted by molar-refractivity contribution is 7.99. The molecule has 0 unspecified atom stereocenters. The van der Waals surface area contributed by atoms with Gasteiger partial charge in [0.25, 0.3) is 0 Å². The average Bonchev–Trinajstić information content (AvgIpc) is 2.17. The summed E-state index contributed by atoms with van der Waals surface area (Å²) in [5, 5.41) is 0.880. The lowest BCUT2D eigenvalue weighted by molar-refractivity contribution is 0.706. The van der Waals surface area contributed by atoms with E-state index in [1.807, 2.05) is 0 Å². The average molecular weight is 145 g/mol. The Hall–Kier alpha value is 0.310. The van der Waals surface area contributed by atoms with Crippen molar-refractivity contribution in [3.63, 3.8) is 0 Å². The Kier molecular flexibility index (Phi) is 2.86. The first-order valence-corrected chi connectivity index (χ1v) is 4.75. The molecule has 0 heterocycles. The van der Waals surface area contributed by atoms with Crippen LogP contribution in [0.1, 0.15) is 26.2 Å². The molecule has 1 rings (SSSR count). The fourth-order valence-electron chi connectivity index (χ4n) is 1.36. The number of rotatable bonds is 2. The van der Waals surface area contributed by atoms with Crippen LogP contribution in [0.5, 0.6) is 0 Å². The van der Waals surface area contributed by atoms with Gasteiger partial charge in [0.1, 0.15) is 0 Å². The second-order valence-corrected chi connectivity index (χ2v) is 4.23. The maximum Gasteiger partial charge on any atom is 0.00622 e. The largest absolute Gasteiger partial charge is 0.328 e. The van der Waals surface area contributed by atoms with Gasteiger partial charge in [-0.3, -0.25) is 0 Å². The third-order valence-corrected chi connectivity index (χ3v) is 3.06. The van der Waals surface area contributed by atoms with Crippen molar-refractivity contribution in [1.29, 1.82) is 0 Å². The van der Waals surface area contributed by atoms with Crippen LogP contribution in [0.2, 0.25) is 0 Å². The van der Waals surface area contributed by atoms with Crippen LogP contribution >= 0.6 is 11.8 Å². The molecule has 1 nitrogen and oxygen atoms in total. The van der Waals surface area contributed by atoms with Crippen LogP contribution in [0.25, 0.3) is 0 Å². The summed E-state index contributed by atoms with van der Waals surface area (Å²) >= 11 is 2.06. The van der Waals surface area contributed by atoms with Gasteiger partial charge in [-0.15, -0.1) is 0 Å². The first-order chi connectivity index (χ1) is 4.33. The Morgan fingerprint density at radius 2 is 2.33 bits per heavy atom. The van der Waals surface area contributed by atoms with Gasteiger partial charge in [0, 0.05) is 11.3 Å². The molecule has 2 atom stereocenters. The van der Waals surface area contributed by atoms with Crippen molar-refractivity contribution in [2.24, 2.45) is 5.73 Å². The summed E-state index contributed by atoms with van der Waals surface area (Å²) in [6.07, 6.45) is 3.84. The lowest BCUT2D eigenvalue weighted by atomic mass is 10.3. The summed E-state index contributed by atoms with van der Waals surface area (Å²) < 4.78 is 0. The van der Waals surface area contributed by atoms with Crippen LogP contribution in [0.4, 0.5) is 0 Å². The van der Waals surface area contributed by atoms with Crippen LogP contribution in [-0.4, -0.2) is 17.0 Å². The third kappa shape index (κ3) is 2.18. The van der Waals surface area contributed by atoms with Gasteiger partial charge >= 0.3 is 0 Å². The van der Waals surface area contributed by atoms with Gasteiger partial charge in [-0.1, -0.05) is 6.92 Å². The molecule has 0 aromatic heterocycles. The van der Waals surface area contributed by atoms with Crippen molar-refractivity contribution in [3.8, 4) is 0 Å². The molecule has 1 aliphatic carbocycles. The molecule has 2 heteroatoms. The van der Waals surface area contributed by atoms with E-state index in [2.05, 4.69) is 18.7 Å². The monoisotopic (exact) mass is 145 g/mol. The van der Waals surface area contributed by atoms with Gasteiger partial charge in [-0.25, -0.2) is 0 Å².